The number of nitrogens with zero attached hydrogens (tertiary/aromatic N) is 4. The first-order chi connectivity index (χ1) is 16.5. The number of rotatable bonds is 12. The zero-order valence-electron chi connectivity index (χ0n) is 20.4. The number of pyridine rings is 1. The molecule has 0 atom stereocenters. The summed E-state index contributed by atoms with van der Waals surface area (Å²) in [6.45, 7) is 9.59. The van der Waals surface area contributed by atoms with Gasteiger partial charge in [-0.2, -0.15) is 0 Å². The van der Waals surface area contributed by atoms with Crippen LogP contribution in [0.3, 0.4) is 0 Å². The highest BCUT2D eigenvalue weighted by molar-refractivity contribution is 5.78. The maximum absolute atomic E-state index is 5.50. The SMILES string of the molecule is C=Nc1cc(N(CCNC(C)C)c2cc(OC)cc(OC)c2)ccc1N=CCc1cccnc1. The van der Waals surface area contributed by atoms with E-state index >= 15 is 0 Å². The van der Waals surface area contributed by atoms with E-state index in [1.807, 2.05) is 60.9 Å². The smallest absolute Gasteiger partial charge is 0.124 e. The van der Waals surface area contributed by atoms with Crippen LogP contribution in [0.1, 0.15) is 19.4 Å². The van der Waals surface area contributed by atoms with Gasteiger partial charge in [0.2, 0.25) is 0 Å². The van der Waals surface area contributed by atoms with Crippen molar-refractivity contribution in [2.24, 2.45) is 9.98 Å². The lowest BCUT2D eigenvalue weighted by Gasteiger charge is -2.27. The van der Waals surface area contributed by atoms with Crippen LogP contribution in [0.2, 0.25) is 0 Å². The van der Waals surface area contributed by atoms with Crippen LogP contribution in [0.4, 0.5) is 22.7 Å². The number of methoxy groups -OCH3 is 2. The summed E-state index contributed by atoms with van der Waals surface area (Å²) in [6.07, 6.45) is 6.17. The van der Waals surface area contributed by atoms with Crippen molar-refractivity contribution in [3.8, 4) is 11.5 Å². The lowest BCUT2D eigenvalue weighted by atomic mass is 10.2. The molecule has 3 aromatic rings. The first kappa shape index (κ1) is 24.9. The molecule has 0 amide bonds. The van der Waals surface area contributed by atoms with Gasteiger partial charge in [-0.1, -0.05) is 19.9 Å². The third kappa shape index (κ3) is 6.89. The second kappa shape index (κ2) is 12.5. The number of nitrogens with one attached hydrogen (secondary N) is 1. The van der Waals surface area contributed by atoms with Crippen molar-refractivity contribution in [2.75, 3.05) is 32.2 Å². The molecule has 0 aliphatic rings. The van der Waals surface area contributed by atoms with Crippen molar-refractivity contribution in [3.63, 3.8) is 0 Å². The highest BCUT2D eigenvalue weighted by Gasteiger charge is 2.14. The minimum Gasteiger partial charge on any atom is -0.497 e. The molecule has 1 aromatic heterocycles. The van der Waals surface area contributed by atoms with Crippen LogP contribution in [-0.2, 0) is 6.42 Å². The molecule has 7 heteroatoms. The van der Waals surface area contributed by atoms with Gasteiger partial charge in [-0.25, -0.2) is 0 Å². The van der Waals surface area contributed by atoms with E-state index in [2.05, 4.69) is 45.8 Å². The average Bonchev–Trinajstić information content (AvgIpc) is 2.87. The van der Waals surface area contributed by atoms with E-state index in [4.69, 9.17) is 9.47 Å². The maximum atomic E-state index is 5.50. The predicted octanol–water partition coefficient (Wildman–Crippen LogP) is 5.51. The number of aliphatic imine (C=N–C) groups is 2. The largest absolute Gasteiger partial charge is 0.497 e. The first-order valence-corrected chi connectivity index (χ1v) is 11.3. The van der Waals surface area contributed by atoms with Gasteiger partial charge in [0.1, 0.15) is 11.5 Å². The van der Waals surface area contributed by atoms with Crippen LogP contribution in [0.5, 0.6) is 11.5 Å². The quantitative estimate of drug-likeness (QED) is 0.362. The van der Waals surface area contributed by atoms with Crippen molar-refractivity contribution >= 4 is 35.7 Å². The molecule has 2 aromatic carbocycles. The Bertz CT molecular complexity index is 1080. The maximum Gasteiger partial charge on any atom is 0.124 e. The van der Waals surface area contributed by atoms with Crippen LogP contribution in [-0.4, -0.2) is 51.3 Å². The first-order valence-electron chi connectivity index (χ1n) is 11.3. The molecule has 3 rings (SSSR count). The van der Waals surface area contributed by atoms with Crippen LogP contribution in [0.15, 0.2) is 70.9 Å². The molecule has 0 spiro atoms. The van der Waals surface area contributed by atoms with Gasteiger partial charge in [0.25, 0.3) is 0 Å². The molecular formula is C27H33N5O2. The molecule has 34 heavy (non-hydrogen) atoms. The molecule has 0 aliphatic heterocycles. The number of hydrogen-bond donors (Lipinski definition) is 1. The molecule has 0 radical (unpaired) electrons. The minimum atomic E-state index is 0.392. The summed E-state index contributed by atoms with van der Waals surface area (Å²) in [5.41, 5.74) is 4.54. The molecular weight excluding hydrogens is 426 g/mol. The Morgan fingerprint density at radius 3 is 2.41 bits per heavy atom. The Balaban J connectivity index is 1.91. The molecule has 0 saturated carbocycles. The van der Waals surface area contributed by atoms with Crippen LogP contribution in [0, 0.1) is 0 Å². The second-order valence-corrected chi connectivity index (χ2v) is 8.04. The number of hydrogen-bond acceptors (Lipinski definition) is 7. The number of anilines is 2. The molecule has 0 saturated heterocycles. The molecule has 178 valence electrons. The van der Waals surface area contributed by atoms with E-state index in [1.54, 1.807) is 20.4 Å². The Morgan fingerprint density at radius 2 is 1.79 bits per heavy atom. The average molecular weight is 460 g/mol. The van der Waals surface area contributed by atoms with Crippen molar-refractivity contribution in [1.29, 1.82) is 0 Å². The fraction of sp³-hybridized carbons (Fsp3) is 0.296. The fourth-order valence-corrected chi connectivity index (χ4v) is 3.50. The molecule has 0 bridgehead atoms. The lowest BCUT2D eigenvalue weighted by molar-refractivity contribution is 0.394. The van der Waals surface area contributed by atoms with E-state index in [0.29, 0.717) is 12.5 Å². The minimum absolute atomic E-state index is 0.392. The van der Waals surface area contributed by atoms with Crippen molar-refractivity contribution in [1.82, 2.24) is 10.3 Å². The zero-order chi connectivity index (χ0) is 24.3. The van der Waals surface area contributed by atoms with Gasteiger partial charge >= 0.3 is 0 Å². The van der Waals surface area contributed by atoms with Crippen LogP contribution in [0.25, 0.3) is 0 Å². The monoisotopic (exact) mass is 459 g/mol. The number of benzene rings is 2. The third-order valence-electron chi connectivity index (χ3n) is 5.26. The van der Waals surface area contributed by atoms with Crippen molar-refractivity contribution in [2.45, 2.75) is 26.3 Å². The van der Waals surface area contributed by atoms with E-state index in [-0.39, 0.29) is 0 Å². The lowest BCUT2D eigenvalue weighted by Crippen LogP contribution is -2.32. The second-order valence-electron chi connectivity index (χ2n) is 8.04. The molecule has 0 aliphatic carbocycles. The van der Waals surface area contributed by atoms with Gasteiger partial charge in [-0.05, 0) is 36.5 Å². The fourth-order valence-electron chi connectivity index (χ4n) is 3.50. The summed E-state index contributed by atoms with van der Waals surface area (Å²) in [4.78, 5) is 15.2. The zero-order valence-corrected chi connectivity index (χ0v) is 20.4. The van der Waals surface area contributed by atoms with E-state index in [1.165, 1.54) is 0 Å². The summed E-state index contributed by atoms with van der Waals surface area (Å²) in [5.74, 6) is 1.46. The normalized spacial score (nSPS) is 11.1. The summed E-state index contributed by atoms with van der Waals surface area (Å²) in [5, 5.41) is 3.49. The van der Waals surface area contributed by atoms with Gasteiger partial charge < -0.3 is 19.7 Å². The Labute approximate surface area is 202 Å². The van der Waals surface area contributed by atoms with Gasteiger partial charge in [-0.15, -0.1) is 0 Å². The summed E-state index contributed by atoms with van der Waals surface area (Å²) in [6, 6.07) is 16.2. The highest BCUT2D eigenvalue weighted by atomic mass is 16.5. The Morgan fingerprint density at radius 1 is 1.03 bits per heavy atom. The van der Waals surface area contributed by atoms with Gasteiger partial charge in [0.15, 0.2) is 0 Å². The molecule has 1 heterocycles. The standard InChI is InChI=1S/C27H33N5O2/c1-20(2)30-13-14-32(23-15-24(33-4)18-25(16-23)34-5)22-8-9-26(27(17-22)28-3)31-12-10-21-7-6-11-29-19-21/h6-9,11-12,15-20,30H,3,10,13-14H2,1-2,4-5H3. The van der Waals surface area contributed by atoms with E-state index < -0.39 is 0 Å². The Kier molecular flexibility index (Phi) is 9.17. The topological polar surface area (TPSA) is 71.3 Å². The van der Waals surface area contributed by atoms with Gasteiger partial charge in [-0.3, -0.25) is 15.0 Å². The van der Waals surface area contributed by atoms with E-state index in [9.17, 15) is 0 Å². The van der Waals surface area contributed by atoms with Gasteiger partial charge in [0.05, 0.1) is 25.6 Å². The van der Waals surface area contributed by atoms with E-state index in [0.717, 1.165) is 52.9 Å². The Hall–Kier alpha value is -3.71. The molecule has 1 N–H and O–H groups in total. The van der Waals surface area contributed by atoms with Gasteiger partial charge in [0, 0.05) is 73.7 Å². The highest BCUT2D eigenvalue weighted by Crippen LogP contribution is 2.37. The summed E-state index contributed by atoms with van der Waals surface area (Å²) >= 11 is 0. The number of ether oxygens (including phenoxy) is 2. The van der Waals surface area contributed by atoms with Crippen LogP contribution < -0.4 is 19.7 Å². The molecule has 0 unspecified atom stereocenters. The molecule has 0 fully saturated rings. The summed E-state index contributed by atoms with van der Waals surface area (Å²) in [7, 11) is 3.31. The number of aromatic nitrogens is 1. The van der Waals surface area contributed by atoms with Crippen LogP contribution >= 0.6 is 0 Å². The molecule has 7 nitrogen and oxygen atoms in total. The van der Waals surface area contributed by atoms with Crippen molar-refractivity contribution < 1.29 is 9.47 Å². The summed E-state index contributed by atoms with van der Waals surface area (Å²) < 4.78 is 11.0. The predicted molar refractivity (Wildman–Crippen MR) is 141 cm³/mol. The third-order valence-corrected chi connectivity index (χ3v) is 5.26. The van der Waals surface area contributed by atoms with Crippen molar-refractivity contribution in [3.05, 3.63) is 66.5 Å².